The number of ether oxygens (including phenoxy) is 9. The Morgan fingerprint density at radius 1 is 0.520 bits per heavy atom. The lowest BCUT2D eigenvalue weighted by Crippen LogP contribution is -2.64. The van der Waals surface area contributed by atoms with E-state index in [1.54, 1.807) is 30.3 Å². The first-order valence-corrected chi connectivity index (χ1v) is 17.2. The number of carbonyl (C=O) groups is 7. The molecule has 10 atom stereocenters. The molecule has 0 aromatic heterocycles. The highest BCUT2D eigenvalue weighted by molar-refractivity contribution is 8.01. The van der Waals surface area contributed by atoms with Crippen molar-refractivity contribution in [1.82, 2.24) is 0 Å². The fourth-order valence-corrected chi connectivity index (χ4v) is 8.06. The zero-order chi connectivity index (χ0) is 37.1. The van der Waals surface area contributed by atoms with Crippen molar-refractivity contribution in [2.45, 2.75) is 112 Å². The summed E-state index contributed by atoms with van der Waals surface area (Å²) in [7, 11) is 0. The summed E-state index contributed by atoms with van der Waals surface area (Å²) in [4.78, 5) is 86.5. The molecule has 50 heavy (non-hydrogen) atoms. The van der Waals surface area contributed by atoms with Crippen molar-refractivity contribution in [2.24, 2.45) is 0 Å². The maximum absolute atomic E-state index is 12.6. The van der Waals surface area contributed by atoms with Crippen LogP contribution in [0.2, 0.25) is 0 Å². The van der Waals surface area contributed by atoms with Gasteiger partial charge in [-0.25, -0.2) is 0 Å². The lowest BCUT2D eigenvalue weighted by atomic mass is 9.99. The Labute approximate surface area is 296 Å². The molecule has 0 amide bonds. The molecule has 0 spiro atoms. The van der Waals surface area contributed by atoms with Crippen molar-refractivity contribution in [1.29, 1.82) is 0 Å². The van der Waals surface area contributed by atoms with Crippen molar-refractivity contribution >= 4 is 65.3 Å². The number of hydrogen-bond acceptors (Lipinski definition) is 18. The van der Waals surface area contributed by atoms with Crippen LogP contribution in [0.4, 0.5) is 0 Å². The highest BCUT2D eigenvalue weighted by Gasteiger charge is 2.57. The molecule has 0 N–H and O–H groups in total. The molecule has 18 heteroatoms. The van der Waals surface area contributed by atoms with Gasteiger partial charge in [0.15, 0.2) is 24.4 Å². The molecule has 0 unspecified atom stereocenters. The molecule has 16 nitrogen and oxygen atoms in total. The smallest absolute Gasteiger partial charge is 0.303 e. The van der Waals surface area contributed by atoms with Crippen molar-refractivity contribution in [3.8, 4) is 0 Å². The van der Waals surface area contributed by atoms with E-state index in [1.165, 1.54) is 25.6 Å². The Balaban J connectivity index is 2.19. The van der Waals surface area contributed by atoms with Gasteiger partial charge in [0.2, 0.25) is 0 Å². The van der Waals surface area contributed by atoms with Gasteiger partial charge in [-0.05, 0) is 12.1 Å². The number of hydrogen-bond donors (Lipinski definition) is 0. The van der Waals surface area contributed by atoms with E-state index in [4.69, 9.17) is 42.6 Å². The van der Waals surface area contributed by atoms with Crippen LogP contribution < -0.4 is 0 Å². The summed E-state index contributed by atoms with van der Waals surface area (Å²) >= 11 is 2.05. The second-order valence-electron chi connectivity index (χ2n) is 11.1. The van der Waals surface area contributed by atoms with Gasteiger partial charge in [0.1, 0.15) is 42.4 Å². The highest BCUT2D eigenvalue weighted by atomic mass is 32.2. The Morgan fingerprint density at radius 2 is 0.940 bits per heavy atom. The summed E-state index contributed by atoms with van der Waals surface area (Å²) in [6.07, 6.45) is -9.25. The maximum Gasteiger partial charge on any atom is 0.303 e. The van der Waals surface area contributed by atoms with Crippen LogP contribution in [-0.2, 0) is 76.2 Å². The molecule has 2 aliphatic rings. The van der Waals surface area contributed by atoms with Crippen LogP contribution in [0, 0.1) is 0 Å². The summed E-state index contributed by atoms with van der Waals surface area (Å²) < 4.78 is 51.2. The second-order valence-corrected chi connectivity index (χ2v) is 13.5. The topological polar surface area (TPSA) is 203 Å². The van der Waals surface area contributed by atoms with Gasteiger partial charge in [-0.15, -0.1) is 11.8 Å². The Kier molecular flexibility index (Phi) is 15.4. The molecular weight excluding hydrogens is 704 g/mol. The quantitative estimate of drug-likeness (QED) is 0.210. The molecule has 0 radical (unpaired) electrons. The Bertz CT molecular complexity index is 1390. The molecule has 3 rings (SSSR count). The van der Waals surface area contributed by atoms with Gasteiger partial charge in [0, 0.05) is 53.4 Å². The summed E-state index contributed by atoms with van der Waals surface area (Å²) in [5, 5.41) is -1.10. The molecule has 276 valence electrons. The van der Waals surface area contributed by atoms with E-state index in [2.05, 4.69) is 0 Å². The average Bonchev–Trinajstić information content (AvgIpc) is 3.00. The van der Waals surface area contributed by atoms with E-state index in [0.29, 0.717) is 4.90 Å². The van der Waals surface area contributed by atoms with E-state index in [9.17, 15) is 33.6 Å². The normalized spacial score (nSPS) is 29.0. The zero-order valence-corrected chi connectivity index (χ0v) is 30.1. The molecule has 2 fully saturated rings. The van der Waals surface area contributed by atoms with Gasteiger partial charge in [0.25, 0.3) is 0 Å². The maximum atomic E-state index is 12.6. The summed E-state index contributed by atoms with van der Waals surface area (Å²) in [6, 6.07) is 8.96. The van der Waals surface area contributed by atoms with Gasteiger partial charge >= 0.3 is 41.8 Å². The largest absolute Gasteiger partial charge is 0.463 e. The van der Waals surface area contributed by atoms with E-state index in [0.717, 1.165) is 46.4 Å². The summed E-state index contributed by atoms with van der Waals surface area (Å²) in [5.41, 5.74) is -2.33. The van der Waals surface area contributed by atoms with Crippen LogP contribution in [-0.4, -0.2) is 114 Å². The van der Waals surface area contributed by atoms with Crippen molar-refractivity contribution in [3.05, 3.63) is 30.3 Å². The van der Waals surface area contributed by atoms with Gasteiger partial charge in [-0.2, -0.15) is 0 Å². The first-order chi connectivity index (χ1) is 23.5. The van der Waals surface area contributed by atoms with Crippen LogP contribution in [0.25, 0.3) is 0 Å². The number of thioether (sulfide) groups is 2. The summed E-state index contributed by atoms with van der Waals surface area (Å²) in [5.74, 6) is -5.28. The Hall–Kier alpha value is -3.87. The molecule has 0 bridgehead atoms. The van der Waals surface area contributed by atoms with Gasteiger partial charge < -0.3 is 42.6 Å². The fourth-order valence-electron chi connectivity index (χ4n) is 5.20. The SMILES string of the molecule is CC(=O)OC[C@H]1O[C@@H](S[C@@H]2[C@@H](OC(C)=O)[C@H](Sc3ccccc3)O[C@H](COC(C)=O)[C@H]2OC(C)=O)[C@H](OC(C)=O)[C@@H](OC(C)=O)[C@@H]1OC(C)=O. The average molecular weight is 745 g/mol. The minimum Gasteiger partial charge on any atom is -0.463 e. The third-order valence-corrected chi connectivity index (χ3v) is 9.54. The van der Waals surface area contributed by atoms with E-state index < -0.39 is 107 Å². The first-order valence-electron chi connectivity index (χ1n) is 15.4. The fraction of sp³-hybridized carbons (Fsp3) is 0.594. The van der Waals surface area contributed by atoms with E-state index >= 15 is 0 Å². The zero-order valence-electron chi connectivity index (χ0n) is 28.4. The molecule has 2 saturated heterocycles. The first kappa shape index (κ1) is 40.6. The van der Waals surface area contributed by atoms with Crippen LogP contribution in [0.5, 0.6) is 0 Å². The van der Waals surface area contributed by atoms with E-state index in [1.807, 2.05) is 0 Å². The predicted octanol–water partition coefficient (Wildman–Crippen LogP) is 2.12. The number of benzene rings is 1. The van der Waals surface area contributed by atoms with Crippen molar-refractivity contribution < 1.29 is 76.2 Å². The number of esters is 7. The van der Waals surface area contributed by atoms with Crippen molar-refractivity contribution in [3.63, 3.8) is 0 Å². The Morgan fingerprint density at radius 3 is 1.44 bits per heavy atom. The summed E-state index contributed by atoms with van der Waals surface area (Å²) in [6.45, 7) is 7.07. The van der Waals surface area contributed by atoms with Crippen molar-refractivity contribution in [2.75, 3.05) is 13.2 Å². The van der Waals surface area contributed by atoms with Crippen LogP contribution in [0.1, 0.15) is 48.5 Å². The molecule has 0 aliphatic carbocycles. The monoisotopic (exact) mass is 744 g/mol. The molecule has 2 heterocycles. The molecular formula is C32H40O16S2. The van der Waals surface area contributed by atoms with E-state index in [-0.39, 0.29) is 6.61 Å². The number of rotatable bonds is 13. The minimum atomic E-state index is -1.49. The van der Waals surface area contributed by atoms with Crippen LogP contribution >= 0.6 is 23.5 Å². The standard InChI is InChI=1S/C32H40O16S2/c1-15(33)40-13-23-25(42-17(3)35)27(44-19(5)37)28(45-20(6)38)31(47-23)50-30-26(43-18(4)36)24(14-41-16(2)34)48-32(29(30)46-21(7)39)49-22-11-9-8-10-12-22/h8-12,23-32H,13-14H2,1-7H3/t23-,24-,25-,26-,27+,28-,29-,30+,31+,32+/m1/s1. The highest BCUT2D eigenvalue weighted by Crippen LogP contribution is 2.45. The lowest BCUT2D eigenvalue weighted by Gasteiger charge is -2.48. The molecule has 1 aromatic carbocycles. The molecule has 2 aliphatic heterocycles. The third kappa shape index (κ3) is 12.2. The second kappa shape index (κ2) is 18.9. The lowest BCUT2D eigenvalue weighted by molar-refractivity contribution is -0.237. The molecule has 0 saturated carbocycles. The van der Waals surface area contributed by atoms with Gasteiger partial charge in [-0.1, -0.05) is 30.0 Å². The van der Waals surface area contributed by atoms with Crippen LogP contribution in [0.15, 0.2) is 35.2 Å². The van der Waals surface area contributed by atoms with Crippen LogP contribution in [0.3, 0.4) is 0 Å². The van der Waals surface area contributed by atoms with Gasteiger partial charge in [-0.3, -0.25) is 33.6 Å². The third-order valence-electron chi connectivity index (χ3n) is 6.88. The van der Waals surface area contributed by atoms with Gasteiger partial charge in [0.05, 0.1) is 5.25 Å². The molecule has 1 aromatic rings. The number of carbonyl (C=O) groups excluding carboxylic acids is 7. The minimum absolute atomic E-state index is 0.373. The predicted molar refractivity (Wildman–Crippen MR) is 172 cm³/mol.